The molecule has 1 heterocycles. The van der Waals surface area contributed by atoms with E-state index in [0.717, 1.165) is 11.3 Å². The molecule has 1 aromatic heterocycles. The summed E-state index contributed by atoms with van der Waals surface area (Å²) < 4.78 is 10.4. The van der Waals surface area contributed by atoms with Crippen molar-refractivity contribution in [3.8, 4) is 11.5 Å². The van der Waals surface area contributed by atoms with Crippen LogP contribution in [0.1, 0.15) is 5.56 Å². The van der Waals surface area contributed by atoms with Crippen molar-refractivity contribution in [3.05, 3.63) is 48.2 Å². The molecule has 0 spiro atoms. The Balaban J connectivity index is 1.87. The van der Waals surface area contributed by atoms with Gasteiger partial charge in [-0.2, -0.15) is 0 Å². The van der Waals surface area contributed by atoms with E-state index in [9.17, 15) is 4.79 Å². The van der Waals surface area contributed by atoms with Gasteiger partial charge in [0.1, 0.15) is 17.3 Å². The van der Waals surface area contributed by atoms with Crippen LogP contribution in [-0.2, 0) is 4.79 Å². The van der Waals surface area contributed by atoms with Gasteiger partial charge in [0.25, 0.3) is 5.91 Å². The third-order valence-corrected chi connectivity index (χ3v) is 2.70. The molecule has 5 heteroatoms. The number of rotatable bonds is 5. The lowest BCUT2D eigenvalue weighted by molar-refractivity contribution is -0.118. The molecule has 5 nitrogen and oxygen atoms in total. The molecule has 0 bridgehead atoms. The fourth-order valence-electron chi connectivity index (χ4n) is 1.61. The zero-order valence-corrected chi connectivity index (χ0v) is 11.4. The molecule has 20 heavy (non-hydrogen) atoms. The number of carbonyl (C=O) groups is 1. The lowest BCUT2D eigenvalue weighted by atomic mass is 10.3. The highest BCUT2D eigenvalue weighted by molar-refractivity contribution is 5.91. The molecule has 0 aliphatic rings. The Morgan fingerprint density at radius 2 is 1.90 bits per heavy atom. The van der Waals surface area contributed by atoms with Crippen LogP contribution in [0.25, 0.3) is 0 Å². The molecular formula is C15H16N2O3. The zero-order chi connectivity index (χ0) is 14.4. The minimum atomic E-state index is -0.248. The number of nitrogens with one attached hydrogen (secondary N) is 1. The standard InChI is InChI=1S/C15H16N2O3/c1-11-4-3-9-16-15(11)17-14(18)10-20-13-7-5-12(19-2)6-8-13/h3-9H,10H2,1-2H3,(H,16,17,18). The van der Waals surface area contributed by atoms with Crippen LogP contribution in [0.15, 0.2) is 42.6 Å². The van der Waals surface area contributed by atoms with Crippen molar-refractivity contribution in [3.63, 3.8) is 0 Å². The molecule has 0 fully saturated rings. The number of carbonyl (C=O) groups excluding carboxylic acids is 1. The average molecular weight is 272 g/mol. The van der Waals surface area contributed by atoms with E-state index in [1.807, 2.05) is 19.1 Å². The van der Waals surface area contributed by atoms with Gasteiger partial charge < -0.3 is 14.8 Å². The molecule has 2 aromatic rings. The maximum absolute atomic E-state index is 11.8. The average Bonchev–Trinajstić information content (AvgIpc) is 2.48. The molecular weight excluding hydrogens is 256 g/mol. The number of nitrogens with zero attached hydrogens (tertiary/aromatic N) is 1. The molecule has 1 N–H and O–H groups in total. The van der Waals surface area contributed by atoms with Crippen LogP contribution in [0.5, 0.6) is 11.5 Å². The summed E-state index contributed by atoms with van der Waals surface area (Å²) in [6, 6.07) is 10.7. The first-order valence-electron chi connectivity index (χ1n) is 6.17. The second-order valence-corrected chi connectivity index (χ2v) is 4.18. The Morgan fingerprint density at radius 1 is 1.20 bits per heavy atom. The summed E-state index contributed by atoms with van der Waals surface area (Å²) in [5.41, 5.74) is 0.908. The Hall–Kier alpha value is -2.56. The number of pyridine rings is 1. The van der Waals surface area contributed by atoms with Crippen LogP contribution in [0.3, 0.4) is 0 Å². The summed E-state index contributed by atoms with van der Waals surface area (Å²) in [5, 5.41) is 2.70. The number of anilines is 1. The lowest BCUT2D eigenvalue weighted by Crippen LogP contribution is -2.21. The third kappa shape index (κ3) is 3.71. The molecule has 104 valence electrons. The first-order valence-corrected chi connectivity index (χ1v) is 6.17. The molecule has 0 saturated heterocycles. The van der Waals surface area contributed by atoms with E-state index >= 15 is 0 Å². The van der Waals surface area contributed by atoms with Crippen molar-refractivity contribution in [1.82, 2.24) is 4.98 Å². The predicted molar refractivity (Wildman–Crippen MR) is 76.1 cm³/mol. The zero-order valence-electron chi connectivity index (χ0n) is 11.4. The van der Waals surface area contributed by atoms with Gasteiger partial charge in [0.05, 0.1) is 7.11 Å². The van der Waals surface area contributed by atoms with Crippen molar-refractivity contribution in [2.75, 3.05) is 19.0 Å². The molecule has 0 radical (unpaired) electrons. The number of ether oxygens (including phenoxy) is 2. The van der Waals surface area contributed by atoms with E-state index in [0.29, 0.717) is 11.6 Å². The molecule has 0 aliphatic heterocycles. The van der Waals surface area contributed by atoms with Crippen LogP contribution >= 0.6 is 0 Å². The summed E-state index contributed by atoms with van der Waals surface area (Å²) in [5.74, 6) is 1.66. The van der Waals surface area contributed by atoms with Crippen molar-refractivity contribution < 1.29 is 14.3 Å². The van der Waals surface area contributed by atoms with Gasteiger partial charge in [-0.05, 0) is 42.8 Å². The first-order chi connectivity index (χ1) is 9.69. The second kappa shape index (κ2) is 6.56. The van der Waals surface area contributed by atoms with Crippen molar-refractivity contribution in [1.29, 1.82) is 0 Å². The molecule has 1 amide bonds. The highest BCUT2D eigenvalue weighted by Gasteiger charge is 2.06. The maximum atomic E-state index is 11.8. The van der Waals surface area contributed by atoms with Crippen LogP contribution in [0, 0.1) is 6.92 Å². The fraction of sp³-hybridized carbons (Fsp3) is 0.200. The van der Waals surface area contributed by atoms with Crippen LogP contribution in [0.2, 0.25) is 0 Å². The Kier molecular flexibility index (Phi) is 4.55. The monoisotopic (exact) mass is 272 g/mol. The summed E-state index contributed by atoms with van der Waals surface area (Å²) in [4.78, 5) is 15.9. The SMILES string of the molecule is COc1ccc(OCC(=O)Nc2ncccc2C)cc1. The summed E-state index contributed by atoms with van der Waals surface area (Å²) in [6.45, 7) is 1.81. The topological polar surface area (TPSA) is 60.5 Å². The maximum Gasteiger partial charge on any atom is 0.263 e. The number of aryl methyl sites for hydroxylation is 1. The van der Waals surface area contributed by atoms with Gasteiger partial charge >= 0.3 is 0 Å². The van der Waals surface area contributed by atoms with Gasteiger partial charge in [-0.25, -0.2) is 4.98 Å². The van der Waals surface area contributed by atoms with Gasteiger partial charge in [-0.1, -0.05) is 6.07 Å². The summed E-state index contributed by atoms with van der Waals surface area (Å²) >= 11 is 0. The Morgan fingerprint density at radius 3 is 2.55 bits per heavy atom. The van der Waals surface area contributed by atoms with Crippen LogP contribution in [-0.4, -0.2) is 24.6 Å². The van der Waals surface area contributed by atoms with E-state index in [1.54, 1.807) is 37.6 Å². The smallest absolute Gasteiger partial charge is 0.263 e. The quantitative estimate of drug-likeness (QED) is 0.908. The van der Waals surface area contributed by atoms with Gasteiger partial charge in [-0.3, -0.25) is 4.79 Å². The largest absolute Gasteiger partial charge is 0.497 e. The van der Waals surface area contributed by atoms with Gasteiger partial charge in [0, 0.05) is 6.20 Å². The van der Waals surface area contributed by atoms with Gasteiger partial charge in [0.15, 0.2) is 6.61 Å². The highest BCUT2D eigenvalue weighted by atomic mass is 16.5. The number of benzene rings is 1. The van der Waals surface area contributed by atoms with E-state index in [1.165, 1.54) is 0 Å². The summed E-state index contributed by atoms with van der Waals surface area (Å²) in [6.07, 6.45) is 1.63. The highest BCUT2D eigenvalue weighted by Crippen LogP contribution is 2.17. The number of hydrogen-bond donors (Lipinski definition) is 1. The van der Waals surface area contributed by atoms with E-state index in [2.05, 4.69) is 10.3 Å². The van der Waals surface area contributed by atoms with E-state index in [4.69, 9.17) is 9.47 Å². The van der Waals surface area contributed by atoms with Crippen LogP contribution in [0.4, 0.5) is 5.82 Å². The van der Waals surface area contributed by atoms with Crippen molar-refractivity contribution >= 4 is 11.7 Å². The van der Waals surface area contributed by atoms with E-state index in [-0.39, 0.29) is 12.5 Å². The first kappa shape index (κ1) is 13.9. The minimum Gasteiger partial charge on any atom is -0.497 e. The Labute approximate surface area is 117 Å². The normalized spacial score (nSPS) is 9.90. The molecule has 0 aliphatic carbocycles. The minimum absolute atomic E-state index is 0.0671. The number of aromatic nitrogens is 1. The summed E-state index contributed by atoms with van der Waals surface area (Å²) in [7, 11) is 1.60. The van der Waals surface area contributed by atoms with Gasteiger partial charge in [-0.15, -0.1) is 0 Å². The van der Waals surface area contributed by atoms with Gasteiger partial charge in [0.2, 0.25) is 0 Å². The number of hydrogen-bond acceptors (Lipinski definition) is 4. The van der Waals surface area contributed by atoms with E-state index < -0.39 is 0 Å². The molecule has 0 atom stereocenters. The molecule has 0 unspecified atom stereocenters. The third-order valence-electron chi connectivity index (χ3n) is 2.70. The second-order valence-electron chi connectivity index (χ2n) is 4.18. The molecule has 1 aromatic carbocycles. The predicted octanol–water partition coefficient (Wildman–Crippen LogP) is 2.42. The number of amides is 1. The lowest BCUT2D eigenvalue weighted by Gasteiger charge is -2.08. The van der Waals surface area contributed by atoms with Crippen molar-refractivity contribution in [2.45, 2.75) is 6.92 Å². The van der Waals surface area contributed by atoms with Crippen LogP contribution < -0.4 is 14.8 Å². The Bertz CT molecular complexity index is 582. The number of methoxy groups -OCH3 is 1. The van der Waals surface area contributed by atoms with Crippen molar-refractivity contribution in [2.24, 2.45) is 0 Å². The molecule has 0 saturated carbocycles. The molecule has 2 rings (SSSR count). The fourth-order valence-corrected chi connectivity index (χ4v) is 1.61.